The lowest BCUT2D eigenvalue weighted by Crippen LogP contribution is -2.53. The number of carbonyl (C=O) groups excluding carboxylic acids is 1. The summed E-state index contributed by atoms with van der Waals surface area (Å²) in [5, 5.41) is 9.99. The van der Waals surface area contributed by atoms with E-state index in [2.05, 4.69) is 9.88 Å². The highest BCUT2D eigenvalue weighted by Gasteiger charge is 2.33. The van der Waals surface area contributed by atoms with Crippen molar-refractivity contribution in [3.05, 3.63) is 29.6 Å². The molecule has 0 spiro atoms. The molecule has 2 aliphatic rings. The average molecular weight is 289 g/mol. The van der Waals surface area contributed by atoms with Gasteiger partial charge in [-0.1, -0.05) is 0 Å². The van der Waals surface area contributed by atoms with Gasteiger partial charge in [-0.15, -0.1) is 0 Å². The van der Waals surface area contributed by atoms with Gasteiger partial charge in [0.2, 0.25) is 0 Å². The maximum atomic E-state index is 12.4. The second-order valence-electron chi connectivity index (χ2n) is 6.08. The second-order valence-corrected chi connectivity index (χ2v) is 6.08. The van der Waals surface area contributed by atoms with Crippen LogP contribution in [0.3, 0.4) is 0 Å². The maximum absolute atomic E-state index is 12.4. The number of aliphatic hydroxyl groups is 1. The summed E-state index contributed by atoms with van der Waals surface area (Å²) < 4.78 is 0. The number of hydrogen-bond donors (Lipinski definition) is 1. The molecule has 114 valence electrons. The minimum absolute atomic E-state index is 0.0640. The van der Waals surface area contributed by atoms with Crippen LogP contribution in [-0.2, 0) is 0 Å². The molecule has 2 fully saturated rings. The number of amides is 1. The van der Waals surface area contributed by atoms with Crippen LogP contribution in [0.4, 0.5) is 0 Å². The molecule has 21 heavy (non-hydrogen) atoms. The molecule has 0 unspecified atom stereocenters. The topological polar surface area (TPSA) is 56.7 Å². The summed E-state index contributed by atoms with van der Waals surface area (Å²) >= 11 is 0. The Morgan fingerprint density at radius 1 is 1.24 bits per heavy atom. The van der Waals surface area contributed by atoms with Crippen molar-refractivity contribution in [3.8, 4) is 0 Å². The molecule has 0 aromatic carbocycles. The van der Waals surface area contributed by atoms with Crippen molar-refractivity contribution in [1.29, 1.82) is 0 Å². The Balaban J connectivity index is 1.58. The van der Waals surface area contributed by atoms with Crippen molar-refractivity contribution in [1.82, 2.24) is 14.8 Å². The number of hydrogen-bond acceptors (Lipinski definition) is 4. The quantitative estimate of drug-likeness (QED) is 0.884. The molecule has 2 heterocycles. The van der Waals surface area contributed by atoms with E-state index in [0.29, 0.717) is 11.6 Å². The molecule has 1 amide bonds. The van der Waals surface area contributed by atoms with E-state index in [1.54, 1.807) is 6.20 Å². The maximum Gasteiger partial charge on any atom is 0.255 e. The van der Waals surface area contributed by atoms with E-state index < -0.39 is 0 Å². The summed E-state index contributed by atoms with van der Waals surface area (Å²) in [7, 11) is 0. The van der Waals surface area contributed by atoms with Crippen LogP contribution in [0.5, 0.6) is 0 Å². The Morgan fingerprint density at radius 3 is 2.57 bits per heavy atom. The zero-order valence-electron chi connectivity index (χ0n) is 12.5. The first-order chi connectivity index (χ1) is 10.1. The Bertz CT molecular complexity index is 495. The van der Waals surface area contributed by atoms with Crippen molar-refractivity contribution >= 4 is 5.91 Å². The Hall–Kier alpha value is -1.46. The van der Waals surface area contributed by atoms with Crippen LogP contribution in [0.2, 0.25) is 0 Å². The molecule has 3 rings (SSSR count). The fourth-order valence-corrected chi connectivity index (χ4v) is 3.38. The fraction of sp³-hybridized carbons (Fsp3) is 0.625. The number of nitrogens with zero attached hydrogens (tertiary/aromatic N) is 3. The Labute approximate surface area is 125 Å². The predicted molar refractivity (Wildman–Crippen MR) is 80.1 cm³/mol. The van der Waals surface area contributed by atoms with Crippen molar-refractivity contribution < 1.29 is 9.90 Å². The second kappa shape index (κ2) is 6.12. The molecule has 1 saturated heterocycles. The predicted octanol–water partition coefficient (Wildman–Crippen LogP) is 1.06. The highest BCUT2D eigenvalue weighted by Crippen LogP contribution is 2.25. The molecular weight excluding hydrogens is 266 g/mol. The van der Waals surface area contributed by atoms with Gasteiger partial charge in [0, 0.05) is 44.1 Å². The van der Waals surface area contributed by atoms with Gasteiger partial charge in [-0.3, -0.25) is 14.7 Å². The van der Waals surface area contributed by atoms with Crippen molar-refractivity contribution in [2.24, 2.45) is 0 Å². The fourth-order valence-electron chi connectivity index (χ4n) is 3.38. The molecule has 2 atom stereocenters. The minimum atomic E-state index is -0.187. The first kappa shape index (κ1) is 14.5. The van der Waals surface area contributed by atoms with Crippen LogP contribution < -0.4 is 0 Å². The molecular formula is C16H23N3O2. The van der Waals surface area contributed by atoms with Gasteiger partial charge in [0.25, 0.3) is 5.91 Å². The largest absolute Gasteiger partial charge is 0.391 e. The third-order valence-electron chi connectivity index (χ3n) is 4.67. The Morgan fingerprint density at radius 2 is 2.00 bits per heavy atom. The van der Waals surface area contributed by atoms with Crippen molar-refractivity contribution in [2.75, 3.05) is 26.2 Å². The molecule has 0 radical (unpaired) electrons. The number of aliphatic hydroxyl groups excluding tert-OH is 1. The molecule has 5 nitrogen and oxygen atoms in total. The van der Waals surface area contributed by atoms with Crippen molar-refractivity contribution in [2.45, 2.75) is 38.3 Å². The molecule has 1 aliphatic heterocycles. The van der Waals surface area contributed by atoms with Crippen LogP contribution >= 0.6 is 0 Å². The van der Waals surface area contributed by atoms with E-state index in [-0.39, 0.29) is 12.0 Å². The lowest BCUT2D eigenvalue weighted by atomic mass is 10.1. The summed E-state index contributed by atoms with van der Waals surface area (Å²) in [6.07, 6.45) is 4.58. The molecule has 0 bridgehead atoms. The zero-order chi connectivity index (χ0) is 14.8. The minimum Gasteiger partial charge on any atom is -0.391 e. The molecule has 1 aliphatic carbocycles. The first-order valence-corrected chi connectivity index (χ1v) is 7.79. The lowest BCUT2D eigenvalue weighted by Gasteiger charge is -2.39. The van der Waals surface area contributed by atoms with E-state index in [1.165, 1.54) is 0 Å². The third-order valence-corrected chi connectivity index (χ3v) is 4.67. The molecule has 1 aromatic rings. The smallest absolute Gasteiger partial charge is 0.255 e. The summed E-state index contributed by atoms with van der Waals surface area (Å²) in [6, 6.07) is 4.01. The van der Waals surface area contributed by atoms with Crippen LogP contribution in [0, 0.1) is 6.92 Å². The van der Waals surface area contributed by atoms with Gasteiger partial charge in [-0.2, -0.15) is 0 Å². The van der Waals surface area contributed by atoms with Gasteiger partial charge in [-0.25, -0.2) is 0 Å². The van der Waals surface area contributed by atoms with E-state index in [9.17, 15) is 9.90 Å². The van der Waals surface area contributed by atoms with Gasteiger partial charge in [0.15, 0.2) is 0 Å². The monoisotopic (exact) mass is 289 g/mol. The first-order valence-electron chi connectivity index (χ1n) is 7.79. The van der Waals surface area contributed by atoms with Crippen LogP contribution in [0.25, 0.3) is 0 Å². The highest BCUT2D eigenvalue weighted by molar-refractivity contribution is 5.94. The average Bonchev–Trinajstić information content (AvgIpc) is 2.94. The number of piperazine rings is 1. The lowest BCUT2D eigenvalue weighted by molar-refractivity contribution is 0.0315. The number of pyridine rings is 1. The third kappa shape index (κ3) is 3.09. The number of aromatic nitrogens is 1. The highest BCUT2D eigenvalue weighted by atomic mass is 16.3. The molecule has 1 aromatic heterocycles. The van der Waals surface area contributed by atoms with E-state index in [4.69, 9.17) is 0 Å². The van der Waals surface area contributed by atoms with E-state index in [1.807, 2.05) is 24.0 Å². The summed E-state index contributed by atoms with van der Waals surface area (Å²) in [5.41, 5.74) is 1.58. The van der Waals surface area contributed by atoms with Crippen LogP contribution in [-0.4, -0.2) is 64.1 Å². The number of rotatable bonds is 2. The van der Waals surface area contributed by atoms with E-state index >= 15 is 0 Å². The summed E-state index contributed by atoms with van der Waals surface area (Å²) in [5.74, 6) is 0.0640. The Kier molecular flexibility index (Phi) is 4.22. The van der Waals surface area contributed by atoms with Gasteiger partial charge in [-0.05, 0) is 38.3 Å². The molecule has 5 heteroatoms. The normalized spacial score (nSPS) is 27.0. The van der Waals surface area contributed by atoms with Gasteiger partial charge in [0.05, 0.1) is 11.7 Å². The van der Waals surface area contributed by atoms with Crippen molar-refractivity contribution in [3.63, 3.8) is 0 Å². The van der Waals surface area contributed by atoms with Gasteiger partial charge in [0.1, 0.15) is 0 Å². The van der Waals surface area contributed by atoms with Crippen LogP contribution in [0.1, 0.15) is 35.3 Å². The van der Waals surface area contributed by atoms with E-state index in [0.717, 1.165) is 51.1 Å². The van der Waals surface area contributed by atoms with Gasteiger partial charge >= 0.3 is 0 Å². The SMILES string of the molecule is Cc1ccc(C(=O)N2CCN([C@@H]3CCC[C@@H]3O)CC2)cn1. The number of aryl methyl sites for hydroxylation is 1. The van der Waals surface area contributed by atoms with Crippen LogP contribution in [0.15, 0.2) is 18.3 Å². The zero-order valence-corrected chi connectivity index (χ0v) is 12.5. The summed E-state index contributed by atoms with van der Waals surface area (Å²) in [6.45, 7) is 5.09. The van der Waals surface area contributed by atoms with Gasteiger partial charge < -0.3 is 10.0 Å². The summed E-state index contributed by atoms with van der Waals surface area (Å²) in [4.78, 5) is 20.8. The number of carbonyl (C=O) groups is 1. The standard InChI is InChI=1S/C16H23N3O2/c1-12-5-6-13(11-17-12)16(21)19-9-7-18(8-10-19)14-3-2-4-15(14)20/h5-6,11,14-15,20H,2-4,7-10H2,1H3/t14-,15+/m1/s1. The molecule has 1 saturated carbocycles. The molecule has 1 N–H and O–H groups in total.